The summed E-state index contributed by atoms with van der Waals surface area (Å²) < 4.78 is 17.0. The van der Waals surface area contributed by atoms with Crippen LogP contribution in [0.1, 0.15) is 57.1 Å². The van der Waals surface area contributed by atoms with Crippen molar-refractivity contribution >= 4 is 22.7 Å². The molecule has 6 rings (SSSR count). The van der Waals surface area contributed by atoms with E-state index in [0.29, 0.717) is 28.4 Å². The molecular weight excluding hydrogens is 493 g/mol. The molecule has 204 valence electrons. The molecule has 2 fully saturated rings. The van der Waals surface area contributed by atoms with E-state index in [1.165, 1.54) is 38.1 Å². The summed E-state index contributed by atoms with van der Waals surface area (Å²) in [5.41, 5.74) is 3.38. The molecule has 4 heterocycles. The van der Waals surface area contributed by atoms with Gasteiger partial charge in [0.15, 0.2) is 5.82 Å². The second kappa shape index (κ2) is 10.9. The van der Waals surface area contributed by atoms with E-state index in [2.05, 4.69) is 53.9 Å². The number of aryl methyl sites for hydroxylation is 1. The van der Waals surface area contributed by atoms with E-state index in [-0.39, 0.29) is 11.9 Å². The van der Waals surface area contributed by atoms with Crippen LogP contribution in [0.15, 0.2) is 36.9 Å². The Bertz CT molecular complexity index is 1440. The number of anilines is 2. The predicted octanol–water partition coefficient (Wildman–Crippen LogP) is 5.12. The Kier molecular flexibility index (Phi) is 7.22. The summed E-state index contributed by atoms with van der Waals surface area (Å²) >= 11 is 0. The number of aromatic nitrogens is 6. The first kappa shape index (κ1) is 25.8. The molecular formula is C29H36FN9. The smallest absolute Gasteiger partial charge is 0.151 e. The Hall–Kier alpha value is -3.50. The van der Waals surface area contributed by atoms with Crippen molar-refractivity contribution in [1.82, 2.24) is 39.3 Å². The first-order valence-electron chi connectivity index (χ1n) is 14.0. The van der Waals surface area contributed by atoms with Gasteiger partial charge in [0.05, 0.1) is 29.3 Å². The molecule has 4 aromatic rings. The molecule has 1 saturated heterocycles. The maximum atomic E-state index is 15.0. The van der Waals surface area contributed by atoms with Crippen molar-refractivity contribution in [2.24, 2.45) is 0 Å². The van der Waals surface area contributed by atoms with Crippen molar-refractivity contribution in [3.63, 3.8) is 0 Å². The largest absolute Gasteiger partial charge is 0.326 e. The van der Waals surface area contributed by atoms with Crippen LogP contribution in [-0.2, 0) is 6.54 Å². The third kappa shape index (κ3) is 5.49. The Labute approximate surface area is 228 Å². The lowest BCUT2D eigenvalue weighted by atomic mass is 10.1. The fraction of sp³-hybridized carbons (Fsp3) is 0.483. The van der Waals surface area contributed by atoms with Crippen LogP contribution in [0.25, 0.3) is 22.3 Å². The second-order valence-electron chi connectivity index (χ2n) is 11.0. The van der Waals surface area contributed by atoms with E-state index < -0.39 is 0 Å². The van der Waals surface area contributed by atoms with Crippen molar-refractivity contribution in [3.8, 4) is 11.3 Å². The average Bonchev–Trinajstić information content (AvgIpc) is 3.59. The van der Waals surface area contributed by atoms with Gasteiger partial charge in [-0.05, 0) is 45.7 Å². The van der Waals surface area contributed by atoms with Crippen molar-refractivity contribution < 1.29 is 4.39 Å². The van der Waals surface area contributed by atoms with Crippen LogP contribution in [0.4, 0.5) is 16.0 Å². The molecule has 0 unspecified atom stereocenters. The number of rotatable bonds is 7. The molecule has 1 aliphatic heterocycles. The summed E-state index contributed by atoms with van der Waals surface area (Å²) in [4.78, 5) is 27.5. The van der Waals surface area contributed by atoms with Gasteiger partial charge in [-0.3, -0.25) is 14.8 Å². The van der Waals surface area contributed by atoms with Gasteiger partial charge >= 0.3 is 0 Å². The zero-order valence-electron chi connectivity index (χ0n) is 22.9. The first-order chi connectivity index (χ1) is 18.9. The van der Waals surface area contributed by atoms with E-state index in [0.717, 1.165) is 55.8 Å². The lowest BCUT2D eigenvalue weighted by Gasteiger charge is -2.37. The quantitative estimate of drug-likeness (QED) is 0.353. The van der Waals surface area contributed by atoms with Crippen molar-refractivity contribution in [2.45, 2.75) is 65.1 Å². The maximum absolute atomic E-state index is 15.0. The number of halogens is 1. The van der Waals surface area contributed by atoms with E-state index in [9.17, 15) is 4.39 Å². The monoisotopic (exact) mass is 529 g/mol. The average molecular weight is 530 g/mol. The van der Waals surface area contributed by atoms with E-state index in [1.807, 2.05) is 23.8 Å². The van der Waals surface area contributed by atoms with Crippen LogP contribution >= 0.6 is 0 Å². The summed E-state index contributed by atoms with van der Waals surface area (Å²) in [6.07, 6.45) is 10.5. The number of hydrogen-bond acceptors (Lipinski definition) is 8. The summed E-state index contributed by atoms with van der Waals surface area (Å²) in [5.74, 6) is 1.60. The molecule has 1 aromatic carbocycles. The van der Waals surface area contributed by atoms with Gasteiger partial charge in [-0.1, -0.05) is 12.8 Å². The Morgan fingerprint density at radius 3 is 2.46 bits per heavy atom. The second-order valence-corrected chi connectivity index (χ2v) is 11.0. The van der Waals surface area contributed by atoms with Crippen molar-refractivity contribution in [1.29, 1.82) is 0 Å². The zero-order valence-corrected chi connectivity index (χ0v) is 22.9. The molecule has 1 aliphatic carbocycles. The van der Waals surface area contributed by atoms with Crippen molar-refractivity contribution in [2.75, 3.05) is 31.5 Å². The number of nitrogens with one attached hydrogen (secondary N) is 1. The highest BCUT2D eigenvalue weighted by Gasteiger charge is 2.26. The van der Waals surface area contributed by atoms with Gasteiger partial charge in [0.2, 0.25) is 0 Å². The Morgan fingerprint density at radius 1 is 0.949 bits per heavy atom. The normalized spacial score (nSPS) is 17.5. The maximum Gasteiger partial charge on any atom is 0.151 e. The van der Waals surface area contributed by atoms with Crippen LogP contribution in [0.2, 0.25) is 0 Å². The summed E-state index contributed by atoms with van der Waals surface area (Å²) in [7, 11) is 0. The fourth-order valence-electron chi connectivity index (χ4n) is 6.07. The van der Waals surface area contributed by atoms with Crippen LogP contribution in [0, 0.1) is 12.7 Å². The standard InChI is InChI=1S/C29H36FN9/c1-19(2)39-20(3)35-29-24(30)12-21(13-26(29)39)25-14-27(34-18-33-25)36-28-16-31-22(15-32-28)17-37-8-10-38(11-9-37)23-6-4-5-7-23/h12-16,18-19,23H,4-11,17H2,1-3H3,(H,32,33,34,36). The van der Waals surface area contributed by atoms with Crippen LogP contribution in [-0.4, -0.2) is 71.5 Å². The molecule has 1 N–H and O–H groups in total. The highest BCUT2D eigenvalue weighted by molar-refractivity contribution is 5.83. The van der Waals surface area contributed by atoms with Crippen molar-refractivity contribution in [3.05, 3.63) is 54.3 Å². The number of piperazine rings is 1. The number of fused-ring (bicyclic) bond motifs is 1. The minimum absolute atomic E-state index is 0.162. The number of nitrogens with zero attached hydrogens (tertiary/aromatic N) is 8. The minimum Gasteiger partial charge on any atom is -0.326 e. The van der Waals surface area contributed by atoms with Gasteiger partial charge < -0.3 is 9.88 Å². The van der Waals surface area contributed by atoms with Crippen LogP contribution < -0.4 is 5.32 Å². The van der Waals surface area contributed by atoms with E-state index in [4.69, 9.17) is 0 Å². The van der Waals surface area contributed by atoms with E-state index >= 15 is 0 Å². The molecule has 9 nitrogen and oxygen atoms in total. The van der Waals surface area contributed by atoms with Gasteiger partial charge in [0, 0.05) is 56.4 Å². The molecule has 0 atom stereocenters. The molecule has 1 saturated carbocycles. The lowest BCUT2D eigenvalue weighted by Crippen LogP contribution is -2.49. The molecule has 3 aromatic heterocycles. The molecule has 2 aliphatic rings. The number of imidazole rings is 1. The minimum atomic E-state index is -0.362. The topological polar surface area (TPSA) is 87.9 Å². The van der Waals surface area contributed by atoms with E-state index in [1.54, 1.807) is 12.3 Å². The first-order valence-corrected chi connectivity index (χ1v) is 14.0. The predicted molar refractivity (Wildman–Crippen MR) is 150 cm³/mol. The molecule has 0 bridgehead atoms. The lowest BCUT2D eigenvalue weighted by molar-refractivity contribution is 0.0929. The summed E-state index contributed by atoms with van der Waals surface area (Å²) in [5, 5.41) is 3.21. The Morgan fingerprint density at radius 2 is 1.74 bits per heavy atom. The van der Waals surface area contributed by atoms with Gasteiger partial charge in [0.1, 0.15) is 29.3 Å². The van der Waals surface area contributed by atoms with Gasteiger partial charge in [0.25, 0.3) is 0 Å². The number of benzene rings is 1. The SMILES string of the molecule is Cc1nc2c(F)cc(-c3cc(Nc4cnc(CN5CCN(C6CCCC6)CC5)cn4)ncn3)cc2n1C(C)C. The van der Waals surface area contributed by atoms with Crippen LogP contribution in [0.5, 0.6) is 0 Å². The molecule has 10 heteroatoms. The van der Waals surface area contributed by atoms with Crippen LogP contribution in [0.3, 0.4) is 0 Å². The highest BCUT2D eigenvalue weighted by Crippen LogP contribution is 2.30. The highest BCUT2D eigenvalue weighted by atomic mass is 19.1. The van der Waals surface area contributed by atoms with Gasteiger partial charge in [-0.25, -0.2) is 24.3 Å². The summed E-state index contributed by atoms with van der Waals surface area (Å²) in [6.45, 7) is 11.3. The van der Waals surface area contributed by atoms with Gasteiger partial charge in [-0.2, -0.15) is 0 Å². The summed E-state index contributed by atoms with van der Waals surface area (Å²) in [6, 6.07) is 6.17. The third-order valence-corrected chi connectivity index (χ3v) is 8.00. The zero-order chi connectivity index (χ0) is 26.9. The molecule has 0 radical (unpaired) electrons. The molecule has 39 heavy (non-hydrogen) atoms. The van der Waals surface area contributed by atoms with Gasteiger partial charge in [-0.15, -0.1) is 0 Å². The fourth-order valence-corrected chi connectivity index (χ4v) is 6.07. The third-order valence-electron chi connectivity index (χ3n) is 8.00. The molecule has 0 spiro atoms. The Balaban J connectivity index is 1.12. The number of hydrogen-bond donors (Lipinski definition) is 1. The molecule has 0 amide bonds.